The number of aromatic nitrogens is 2. The predicted octanol–water partition coefficient (Wildman–Crippen LogP) is 2.47. The quantitative estimate of drug-likeness (QED) is 0.874. The molecule has 3 aliphatic rings. The number of carbonyl (C=O) groups is 2. The van der Waals surface area contributed by atoms with Crippen LogP contribution in [-0.2, 0) is 4.79 Å². The van der Waals surface area contributed by atoms with Gasteiger partial charge in [0.15, 0.2) is 0 Å². The molecule has 2 saturated carbocycles. The van der Waals surface area contributed by atoms with Gasteiger partial charge >= 0.3 is 6.03 Å². The molecule has 0 bridgehead atoms. The second-order valence-electron chi connectivity index (χ2n) is 7.06. The van der Waals surface area contributed by atoms with Crippen LogP contribution in [0.25, 0.3) is 0 Å². The lowest BCUT2D eigenvalue weighted by molar-refractivity contribution is -0.128. The topological polar surface area (TPSA) is 87.2 Å². The average Bonchev–Trinajstić information content (AvgIpc) is 3.21. The zero-order valence-corrected chi connectivity index (χ0v) is 14.5. The fourth-order valence-electron chi connectivity index (χ4n) is 3.69. The van der Waals surface area contributed by atoms with Crippen LogP contribution in [0.2, 0.25) is 0 Å². The highest BCUT2D eigenvalue weighted by Crippen LogP contribution is 2.35. The lowest BCUT2D eigenvalue weighted by Gasteiger charge is -2.18. The van der Waals surface area contributed by atoms with Crippen LogP contribution in [0.1, 0.15) is 62.3 Å². The van der Waals surface area contributed by atoms with Gasteiger partial charge in [-0.15, -0.1) is 10.2 Å². The summed E-state index contributed by atoms with van der Waals surface area (Å²) >= 11 is 1.47. The second-order valence-corrected chi connectivity index (χ2v) is 8.07. The van der Waals surface area contributed by atoms with Crippen LogP contribution < -0.4 is 10.6 Å². The van der Waals surface area contributed by atoms with Crippen LogP contribution in [0.5, 0.6) is 0 Å². The monoisotopic (exact) mass is 349 g/mol. The van der Waals surface area contributed by atoms with E-state index in [0.29, 0.717) is 30.1 Å². The summed E-state index contributed by atoms with van der Waals surface area (Å²) in [5.74, 6) is 0.646. The van der Waals surface area contributed by atoms with E-state index in [1.165, 1.54) is 43.4 Å². The van der Waals surface area contributed by atoms with Gasteiger partial charge in [-0.05, 0) is 25.7 Å². The van der Waals surface area contributed by atoms with Crippen LogP contribution in [-0.4, -0.2) is 45.7 Å². The molecule has 1 aliphatic heterocycles. The zero-order valence-electron chi connectivity index (χ0n) is 13.7. The third-order valence-corrected chi connectivity index (χ3v) is 6.10. The smallest absolute Gasteiger partial charge is 0.321 e. The Labute approximate surface area is 145 Å². The summed E-state index contributed by atoms with van der Waals surface area (Å²) in [6.07, 6.45) is 8.73. The number of nitrogens with zero attached hydrogens (tertiary/aromatic N) is 3. The van der Waals surface area contributed by atoms with Gasteiger partial charge in [-0.2, -0.15) is 0 Å². The molecule has 8 heteroatoms. The van der Waals surface area contributed by atoms with Crippen LogP contribution in [0, 0.1) is 0 Å². The number of hydrogen-bond acceptors (Lipinski definition) is 5. The van der Waals surface area contributed by atoms with E-state index < -0.39 is 0 Å². The van der Waals surface area contributed by atoms with Crippen molar-refractivity contribution in [1.82, 2.24) is 20.4 Å². The molecule has 1 saturated heterocycles. The van der Waals surface area contributed by atoms with Crippen molar-refractivity contribution in [3.8, 4) is 0 Å². The zero-order chi connectivity index (χ0) is 16.5. The molecule has 130 valence electrons. The Morgan fingerprint density at radius 3 is 2.67 bits per heavy atom. The number of likely N-dealkylation sites (tertiary alicyclic amines) is 1. The molecule has 4 rings (SSSR count). The molecular weight excluding hydrogens is 326 g/mol. The Morgan fingerprint density at radius 1 is 1.12 bits per heavy atom. The van der Waals surface area contributed by atoms with E-state index in [1.807, 2.05) is 4.90 Å². The predicted molar refractivity (Wildman–Crippen MR) is 91.0 cm³/mol. The summed E-state index contributed by atoms with van der Waals surface area (Å²) in [5, 5.41) is 15.6. The largest absolute Gasteiger partial charge is 0.338 e. The Morgan fingerprint density at radius 2 is 1.92 bits per heavy atom. The molecule has 24 heavy (non-hydrogen) atoms. The molecule has 2 N–H and O–H groups in total. The Kier molecular flexibility index (Phi) is 4.39. The molecule has 2 heterocycles. The maximum Gasteiger partial charge on any atom is 0.321 e. The summed E-state index contributed by atoms with van der Waals surface area (Å²) in [4.78, 5) is 26.0. The van der Waals surface area contributed by atoms with E-state index in [2.05, 4.69) is 20.8 Å². The van der Waals surface area contributed by atoms with Crippen molar-refractivity contribution in [3.05, 3.63) is 5.01 Å². The third-order valence-electron chi connectivity index (χ3n) is 5.10. The van der Waals surface area contributed by atoms with Crippen LogP contribution >= 0.6 is 11.3 Å². The molecular formula is C16H23N5O2S. The highest BCUT2D eigenvalue weighted by atomic mass is 32.1. The Balaban J connectivity index is 1.28. The minimum Gasteiger partial charge on any atom is -0.338 e. The van der Waals surface area contributed by atoms with Gasteiger partial charge in [0, 0.05) is 24.9 Å². The van der Waals surface area contributed by atoms with E-state index >= 15 is 0 Å². The standard InChI is InChI=1S/C16H23N5O2S/c22-13-8-11(9-21(13)12-6-7-12)17-15(23)18-16-20-19-14(24-16)10-4-2-1-3-5-10/h10-12H,1-9H2,(H2,17,18,20,23). The third kappa shape index (κ3) is 3.53. The Bertz CT molecular complexity index is 624. The molecule has 3 amide bonds. The molecule has 0 aromatic carbocycles. The van der Waals surface area contributed by atoms with Crippen LogP contribution in [0.4, 0.5) is 9.93 Å². The molecule has 1 aromatic rings. The van der Waals surface area contributed by atoms with Crippen molar-refractivity contribution in [3.63, 3.8) is 0 Å². The van der Waals surface area contributed by atoms with Crippen molar-refractivity contribution in [1.29, 1.82) is 0 Å². The lowest BCUT2D eigenvalue weighted by Crippen LogP contribution is -2.40. The minimum absolute atomic E-state index is 0.108. The first-order chi connectivity index (χ1) is 11.7. The van der Waals surface area contributed by atoms with Gasteiger partial charge in [0.25, 0.3) is 0 Å². The molecule has 2 aliphatic carbocycles. The Hall–Kier alpha value is -1.70. The first-order valence-electron chi connectivity index (χ1n) is 8.89. The van der Waals surface area contributed by atoms with Gasteiger partial charge in [-0.25, -0.2) is 4.79 Å². The molecule has 1 atom stereocenters. The molecule has 0 spiro atoms. The first-order valence-corrected chi connectivity index (χ1v) is 9.71. The summed E-state index contributed by atoms with van der Waals surface area (Å²) in [7, 11) is 0. The number of rotatable bonds is 4. The molecule has 1 aromatic heterocycles. The average molecular weight is 349 g/mol. The summed E-state index contributed by atoms with van der Waals surface area (Å²) in [6.45, 7) is 0.625. The van der Waals surface area contributed by atoms with Gasteiger partial charge in [0.2, 0.25) is 11.0 Å². The lowest BCUT2D eigenvalue weighted by atomic mass is 9.90. The summed E-state index contributed by atoms with van der Waals surface area (Å²) in [6, 6.07) is 0.00852. The maximum absolute atomic E-state index is 12.1. The number of anilines is 1. The van der Waals surface area contributed by atoms with Crippen molar-refractivity contribution in [2.75, 3.05) is 11.9 Å². The summed E-state index contributed by atoms with van der Waals surface area (Å²) in [5.41, 5.74) is 0. The number of urea groups is 1. The van der Waals surface area contributed by atoms with E-state index in [4.69, 9.17) is 0 Å². The van der Waals surface area contributed by atoms with Gasteiger partial charge < -0.3 is 10.2 Å². The van der Waals surface area contributed by atoms with Crippen molar-refractivity contribution in [2.24, 2.45) is 0 Å². The second kappa shape index (κ2) is 6.66. The van der Waals surface area contributed by atoms with Crippen molar-refractivity contribution < 1.29 is 9.59 Å². The van der Waals surface area contributed by atoms with E-state index in [0.717, 1.165) is 17.8 Å². The molecule has 0 radical (unpaired) electrons. The van der Waals surface area contributed by atoms with Gasteiger partial charge in [0.05, 0.1) is 6.04 Å². The number of carbonyl (C=O) groups excluding carboxylic acids is 2. The maximum atomic E-state index is 12.1. The minimum atomic E-state index is -0.295. The van der Waals surface area contributed by atoms with E-state index in [-0.39, 0.29) is 18.0 Å². The van der Waals surface area contributed by atoms with Crippen molar-refractivity contribution >= 4 is 28.4 Å². The van der Waals surface area contributed by atoms with Gasteiger partial charge in [0.1, 0.15) is 5.01 Å². The molecule has 3 fully saturated rings. The number of nitrogens with one attached hydrogen (secondary N) is 2. The highest BCUT2D eigenvalue weighted by molar-refractivity contribution is 7.15. The number of hydrogen-bond donors (Lipinski definition) is 2. The summed E-state index contributed by atoms with van der Waals surface area (Å²) < 4.78 is 0. The van der Waals surface area contributed by atoms with E-state index in [1.54, 1.807) is 0 Å². The SMILES string of the molecule is O=C(Nc1nnc(C2CCCCC2)s1)NC1CC(=O)N(C2CC2)C1. The van der Waals surface area contributed by atoms with Gasteiger partial charge in [-0.3, -0.25) is 10.1 Å². The fraction of sp³-hybridized carbons (Fsp3) is 0.750. The van der Waals surface area contributed by atoms with Crippen LogP contribution in [0.15, 0.2) is 0 Å². The number of amides is 3. The molecule has 7 nitrogen and oxygen atoms in total. The normalized spacial score (nSPS) is 25.1. The fourth-order valence-corrected chi connectivity index (χ4v) is 4.59. The van der Waals surface area contributed by atoms with E-state index in [9.17, 15) is 9.59 Å². The van der Waals surface area contributed by atoms with Gasteiger partial charge in [-0.1, -0.05) is 30.6 Å². The van der Waals surface area contributed by atoms with Crippen molar-refractivity contribution in [2.45, 2.75) is 69.4 Å². The molecule has 1 unspecified atom stereocenters. The first kappa shape index (κ1) is 15.8. The van der Waals surface area contributed by atoms with Crippen LogP contribution in [0.3, 0.4) is 0 Å². The highest BCUT2D eigenvalue weighted by Gasteiger charge is 2.39.